The molecule has 0 heterocycles. The predicted octanol–water partition coefficient (Wildman–Crippen LogP) is 4.80. The van der Waals surface area contributed by atoms with Gasteiger partial charge in [-0.25, -0.2) is 0 Å². The Kier molecular flexibility index (Phi) is 3.42. The first-order valence-electron chi connectivity index (χ1n) is 6.40. The monoisotopic (exact) mass is 240 g/mol. The molecule has 0 aliphatic rings. The molecule has 2 aromatic rings. The van der Waals surface area contributed by atoms with Crippen LogP contribution in [0.4, 0.5) is 0 Å². The van der Waals surface area contributed by atoms with Gasteiger partial charge in [-0.3, -0.25) is 0 Å². The second-order valence-corrected chi connectivity index (χ2v) is 5.20. The van der Waals surface area contributed by atoms with Crippen LogP contribution in [0.5, 0.6) is 5.75 Å². The van der Waals surface area contributed by atoms with Gasteiger partial charge in [0.2, 0.25) is 0 Å². The van der Waals surface area contributed by atoms with E-state index in [1.165, 1.54) is 16.7 Å². The first-order valence-corrected chi connectivity index (χ1v) is 6.40. The van der Waals surface area contributed by atoms with Gasteiger partial charge in [0.1, 0.15) is 5.75 Å². The van der Waals surface area contributed by atoms with Gasteiger partial charge in [0.25, 0.3) is 0 Å². The first kappa shape index (κ1) is 12.7. The number of aromatic hydroxyl groups is 1. The van der Waals surface area contributed by atoms with Crippen molar-refractivity contribution < 1.29 is 5.11 Å². The smallest absolute Gasteiger partial charge is 0.119 e. The van der Waals surface area contributed by atoms with E-state index in [1.807, 2.05) is 13.0 Å². The molecule has 1 nitrogen and oxygen atoms in total. The SMILES string of the molecule is Cc1ccccc1-c1cc(C(C)C)c(O)cc1C. The summed E-state index contributed by atoms with van der Waals surface area (Å²) in [7, 11) is 0. The van der Waals surface area contributed by atoms with Gasteiger partial charge in [0.05, 0.1) is 0 Å². The molecule has 0 amide bonds. The van der Waals surface area contributed by atoms with Gasteiger partial charge in [-0.1, -0.05) is 38.1 Å². The van der Waals surface area contributed by atoms with Crippen molar-refractivity contribution in [2.45, 2.75) is 33.6 Å². The summed E-state index contributed by atoms with van der Waals surface area (Å²) in [4.78, 5) is 0. The van der Waals surface area contributed by atoms with Crippen molar-refractivity contribution in [2.75, 3.05) is 0 Å². The molecule has 2 rings (SSSR count). The molecule has 0 unspecified atom stereocenters. The van der Waals surface area contributed by atoms with Gasteiger partial charge in [-0.15, -0.1) is 0 Å². The molecule has 1 heteroatoms. The van der Waals surface area contributed by atoms with Gasteiger partial charge in [0.15, 0.2) is 0 Å². The zero-order valence-electron chi connectivity index (χ0n) is 11.5. The maximum absolute atomic E-state index is 10.0. The molecule has 0 saturated carbocycles. The first-order chi connectivity index (χ1) is 8.50. The van der Waals surface area contributed by atoms with Crippen LogP contribution in [0.15, 0.2) is 36.4 Å². The Bertz CT molecular complexity index is 568. The van der Waals surface area contributed by atoms with Crippen LogP contribution >= 0.6 is 0 Å². The molecule has 94 valence electrons. The highest BCUT2D eigenvalue weighted by molar-refractivity contribution is 5.72. The summed E-state index contributed by atoms with van der Waals surface area (Å²) < 4.78 is 0. The fraction of sp³-hybridized carbons (Fsp3) is 0.294. The normalized spacial score (nSPS) is 10.9. The number of benzene rings is 2. The fourth-order valence-electron chi connectivity index (χ4n) is 2.34. The highest BCUT2D eigenvalue weighted by Gasteiger charge is 2.12. The van der Waals surface area contributed by atoms with Crippen molar-refractivity contribution in [1.82, 2.24) is 0 Å². The molecule has 18 heavy (non-hydrogen) atoms. The van der Waals surface area contributed by atoms with Crippen molar-refractivity contribution in [3.8, 4) is 16.9 Å². The second kappa shape index (κ2) is 4.85. The Labute approximate surface area is 109 Å². The lowest BCUT2D eigenvalue weighted by atomic mass is 9.91. The summed E-state index contributed by atoms with van der Waals surface area (Å²) in [6.45, 7) is 8.38. The summed E-state index contributed by atoms with van der Waals surface area (Å²) in [6, 6.07) is 12.4. The Hall–Kier alpha value is -1.76. The van der Waals surface area contributed by atoms with Crippen molar-refractivity contribution in [3.05, 3.63) is 53.1 Å². The van der Waals surface area contributed by atoms with Crippen LogP contribution in [0.3, 0.4) is 0 Å². The van der Waals surface area contributed by atoms with Crippen LogP contribution in [0, 0.1) is 13.8 Å². The number of hydrogen-bond donors (Lipinski definition) is 1. The molecule has 0 spiro atoms. The summed E-state index contributed by atoms with van der Waals surface area (Å²) >= 11 is 0. The maximum Gasteiger partial charge on any atom is 0.119 e. The van der Waals surface area contributed by atoms with Crippen LogP contribution in [-0.2, 0) is 0 Å². The van der Waals surface area contributed by atoms with Crippen LogP contribution < -0.4 is 0 Å². The topological polar surface area (TPSA) is 20.2 Å². The maximum atomic E-state index is 10.0. The average Bonchev–Trinajstić information content (AvgIpc) is 2.30. The van der Waals surface area contributed by atoms with Crippen LogP contribution in [0.1, 0.15) is 36.5 Å². The van der Waals surface area contributed by atoms with Crippen LogP contribution in [-0.4, -0.2) is 5.11 Å². The van der Waals surface area contributed by atoms with Crippen molar-refractivity contribution in [3.63, 3.8) is 0 Å². The van der Waals surface area contributed by atoms with Gasteiger partial charge < -0.3 is 5.11 Å². The lowest BCUT2D eigenvalue weighted by Crippen LogP contribution is -1.93. The molecule has 0 atom stereocenters. The predicted molar refractivity (Wildman–Crippen MR) is 77.1 cm³/mol. The van der Waals surface area contributed by atoms with Crippen LogP contribution in [0.2, 0.25) is 0 Å². The van der Waals surface area contributed by atoms with Gasteiger partial charge in [-0.05, 0) is 59.7 Å². The van der Waals surface area contributed by atoms with E-state index in [0.29, 0.717) is 11.7 Å². The Balaban J connectivity index is 2.65. The quantitative estimate of drug-likeness (QED) is 0.799. The van der Waals surface area contributed by atoms with Crippen LogP contribution in [0.25, 0.3) is 11.1 Å². The molecular formula is C17H20O. The lowest BCUT2D eigenvalue weighted by Gasteiger charge is -2.15. The highest BCUT2D eigenvalue weighted by atomic mass is 16.3. The van der Waals surface area contributed by atoms with Gasteiger partial charge in [-0.2, -0.15) is 0 Å². The van der Waals surface area contributed by atoms with Crippen molar-refractivity contribution in [2.24, 2.45) is 0 Å². The molecule has 0 bridgehead atoms. The summed E-state index contributed by atoms with van der Waals surface area (Å²) in [5.41, 5.74) is 5.86. The van der Waals surface area contributed by atoms with E-state index in [2.05, 4.69) is 51.1 Å². The van der Waals surface area contributed by atoms with E-state index < -0.39 is 0 Å². The minimum atomic E-state index is 0.327. The third-order valence-electron chi connectivity index (χ3n) is 3.43. The van der Waals surface area contributed by atoms with Crippen molar-refractivity contribution in [1.29, 1.82) is 0 Å². The molecule has 0 aliphatic carbocycles. The fourth-order valence-corrected chi connectivity index (χ4v) is 2.34. The lowest BCUT2D eigenvalue weighted by molar-refractivity contribution is 0.464. The second-order valence-electron chi connectivity index (χ2n) is 5.20. The number of phenolic OH excluding ortho intramolecular Hbond substituents is 1. The Morgan fingerprint density at radius 2 is 1.56 bits per heavy atom. The summed E-state index contributed by atoms with van der Waals surface area (Å²) in [5, 5.41) is 10.0. The minimum Gasteiger partial charge on any atom is -0.508 e. The third kappa shape index (κ3) is 2.26. The molecule has 0 radical (unpaired) electrons. The molecule has 1 N–H and O–H groups in total. The summed E-state index contributed by atoms with van der Waals surface area (Å²) in [5.74, 6) is 0.730. The van der Waals surface area contributed by atoms with E-state index in [9.17, 15) is 5.11 Å². The van der Waals surface area contributed by atoms with Gasteiger partial charge in [0, 0.05) is 0 Å². The molecular weight excluding hydrogens is 220 g/mol. The van der Waals surface area contributed by atoms with E-state index in [0.717, 1.165) is 11.1 Å². The number of phenols is 1. The van der Waals surface area contributed by atoms with E-state index in [4.69, 9.17) is 0 Å². The van der Waals surface area contributed by atoms with E-state index >= 15 is 0 Å². The number of rotatable bonds is 2. The molecule has 0 aliphatic heterocycles. The minimum absolute atomic E-state index is 0.327. The molecule has 2 aromatic carbocycles. The zero-order valence-corrected chi connectivity index (χ0v) is 11.5. The standard InChI is InChI=1S/C17H20O/c1-11(2)15-10-16(13(4)9-17(15)18)14-8-6-5-7-12(14)3/h5-11,18H,1-4H3. The largest absolute Gasteiger partial charge is 0.508 e. The Morgan fingerprint density at radius 3 is 2.17 bits per heavy atom. The van der Waals surface area contributed by atoms with Crippen molar-refractivity contribution >= 4 is 0 Å². The number of hydrogen-bond acceptors (Lipinski definition) is 1. The highest BCUT2D eigenvalue weighted by Crippen LogP contribution is 2.34. The zero-order chi connectivity index (χ0) is 13.3. The third-order valence-corrected chi connectivity index (χ3v) is 3.43. The average molecular weight is 240 g/mol. The molecule has 0 fully saturated rings. The molecule has 0 aromatic heterocycles. The van der Waals surface area contributed by atoms with E-state index in [1.54, 1.807) is 0 Å². The van der Waals surface area contributed by atoms with E-state index in [-0.39, 0.29) is 0 Å². The molecule has 0 saturated heterocycles. The summed E-state index contributed by atoms with van der Waals surface area (Å²) in [6.07, 6.45) is 0. The van der Waals surface area contributed by atoms with Gasteiger partial charge >= 0.3 is 0 Å². The Morgan fingerprint density at radius 1 is 0.889 bits per heavy atom. The number of aryl methyl sites for hydroxylation is 2.